The number of aromatic nitrogens is 1. The predicted octanol–water partition coefficient (Wildman–Crippen LogP) is 4.91. The first-order valence-corrected chi connectivity index (χ1v) is 20.5. The van der Waals surface area contributed by atoms with Crippen LogP contribution in [0.2, 0.25) is 0 Å². The molecule has 3 aromatic rings. The second-order valence-electron chi connectivity index (χ2n) is 15.6. The average Bonchev–Trinajstić information content (AvgIpc) is 3.53. The molecular formula is C45H77N9O4. The fourth-order valence-corrected chi connectivity index (χ4v) is 5.97. The average molecular weight is 808 g/mol. The van der Waals surface area contributed by atoms with E-state index in [2.05, 4.69) is 66.6 Å². The molecule has 2 aromatic carbocycles. The lowest BCUT2D eigenvalue weighted by Gasteiger charge is -2.25. The molecule has 0 saturated carbocycles. The van der Waals surface area contributed by atoms with Crippen molar-refractivity contribution in [3.8, 4) is 11.5 Å². The molecule has 0 aliphatic heterocycles. The number of hydrogen-bond donors (Lipinski definition) is 8. The highest BCUT2D eigenvalue weighted by molar-refractivity contribution is 5.81. The van der Waals surface area contributed by atoms with E-state index < -0.39 is 5.60 Å². The third-order valence-corrected chi connectivity index (χ3v) is 9.09. The highest BCUT2D eigenvalue weighted by Gasteiger charge is 2.18. The van der Waals surface area contributed by atoms with Gasteiger partial charge in [0, 0.05) is 48.9 Å². The Hall–Kier alpha value is -4.40. The maximum atomic E-state index is 9.79. The first-order valence-electron chi connectivity index (χ1n) is 20.5. The van der Waals surface area contributed by atoms with Crippen molar-refractivity contribution in [3.63, 3.8) is 0 Å². The second kappa shape index (κ2) is 27.3. The Bertz CT molecular complexity index is 1780. The van der Waals surface area contributed by atoms with Crippen molar-refractivity contribution in [3.05, 3.63) is 81.5 Å². The van der Waals surface area contributed by atoms with Crippen LogP contribution in [0.4, 0.5) is 0 Å². The SMILES string of the molecule is C=c1ccn(Cc2ccc(COCCN)cc2OC)/c1=C(/N=C(\C)N)NCCCCC.CCCCCNC(C)(C)CC(=N)N.COc1cc(C(C)(C)O)ccc1CN. The number of methoxy groups -OCH3 is 2. The van der Waals surface area contributed by atoms with Crippen LogP contribution in [-0.2, 0) is 30.0 Å². The Morgan fingerprint density at radius 3 is 2.07 bits per heavy atom. The quantitative estimate of drug-likeness (QED) is 0.0368. The Kier molecular flexibility index (Phi) is 24.3. The number of hydrogen-bond acceptors (Lipinski definition) is 10. The maximum Gasteiger partial charge on any atom is 0.152 e. The maximum absolute atomic E-state index is 9.79. The summed E-state index contributed by atoms with van der Waals surface area (Å²) in [7, 11) is 3.28. The lowest BCUT2D eigenvalue weighted by molar-refractivity contribution is 0.0783. The second-order valence-corrected chi connectivity index (χ2v) is 15.6. The van der Waals surface area contributed by atoms with Gasteiger partial charge >= 0.3 is 0 Å². The van der Waals surface area contributed by atoms with Gasteiger partial charge in [-0.15, -0.1) is 0 Å². The van der Waals surface area contributed by atoms with Gasteiger partial charge in [0.05, 0.1) is 56.6 Å². The normalized spacial score (nSPS) is 12.2. The molecule has 0 radical (unpaired) electrons. The van der Waals surface area contributed by atoms with E-state index in [1.54, 1.807) is 35.0 Å². The Balaban J connectivity index is 0.000000513. The zero-order valence-corrected chi connectivity index (χ0v) is 37.1. The lowest BCUT2D eigenvalue weighted by atomic mass is 9.97. The molecule has 1 aromatic heterocycles. The van der Waals surface area contributed by atoms with Crippen LogP contribution in [0.3, 0.4) is 0 Å². The summed E-state index contributed by atoms with van der Waals surface area (Å²) < 4.78 is 18.5. The summed E-state index contributed by atoms with van der Waals surface area (Å²) in [5.74, 6) is 3.05. The summed E-state index contributed by atoms with van der Waals surface area (Å²) in [6.45, 7) is 22.5. The van der Waals surface area contributed by atoms with E-state index in [4.69, 9.17) is 42.6 Å². The number of aliphatic hydroxyl groups is 1. The lowest BCUT2D eigenvalue weighted by Crippen LogP contribution is -2.42. The molecule has 3 rings (SSSR count). The predicted molar refractivity (Wildman–Crippen MR) is 243 cm³/mol. The van der Waals surface area contributed by atoms with Crippen LogP contribution >= 0.6 is 0 Å². The van der Waals surface area contributed by atoms with Gasteiger partial charge in [-0.25, -0.2) is 4.99 Å². The molecule has 58 heavy (non-hydrogen) atoms. The van der Waals surface area contributed by atoms with E-state index >= 15 is 0 Å². The Labute approximate surface area is 348 Å². The van der Waals surface area contributed by atoms with E-state index in [1.807, 2.05) is 36.5 Å². The highest BCUT2D eigenvalue weighted by atomic mass is 16.5. The number of amidine groups is 2. The number of ether oxygens (including phenoxy) is 3. The molecule has 1 heterocycles. The fourth-order valence-electron chi connectivity index (χ4n) is 5.97. The third kappa shape index (κ3) is 19.8. The minimum absolute atomic E-state index is 0.0282. The molecule has 0 fully saturated rings. The summed E-state index contributed by atoms with van der Waals surface area (Å²) in [4.78, 5) is 4.56. The van der Waals surface area contributed by atoms with Crippen LogP contribution in [0, 0.1) is 5.41 Å². The van der Waals surface area contributed by atoms with Crippen LogP contribution in [0.25, 0.3) is 12.4 Å². The first kappa shape index (κ1) is 51.6. The number of unbranched alkanes of at least 4 members (excludes halogenated alkanes) is 4. The van der Waals surface area contributed by atoms with Crippen LogP contribution in [0.5, 0.6) is 11.5 Å². The van der Waals surface area contributed by atoms with Crippen molar-refractivity contribution in [2.75, 3.05) is 40.5 Å². The smallest absolute Gasteiger partial charge is 0.152 e. The molecular weight excluding hydrogens is 731 g/mol. The minimum Gasteiger partial charge on any atom is -0.496 e. The zero-order chi connectivity index (χ0) is 43.7. The number of nitrogens with two attached hydrogens (primary N) is 4. The van der Waals surface area contributed by atoms with Crippen LogP contribution in [0.1, 0.15) is 116 Å². The number of aliphatic imine (C=N–C) groups is 1. The van der Waals surface area contributed by atoms with Gasteiger partial charge in [-0.1, -0.05) is 70.4 Å². The molecule has 0 bridgehead atoms. The van der Waals surface area contributed by atoms with E-state index in [9.17, 15) is 5.11 Å². The van der Waals surface area contributed by atoms with Crippen molar-refractivity contribution in [2.24, 2.45) is 27.9 Å². The summed E-state index contributed by atoms with van der Waals surface area (Å²) in [6, 6.07) is 13.7. The molecule has 326 valence electrons. The zero-order valence-electron chi connectivity index (χ0n) is 37.1. The van der Waals surface area contributed by atoms with Crippen molar-refractivity contribution >= 4 is 24.1 Å². The summed E-state index contributed by atoms with van der Waals surface area (Å²) >= 11 is 0. The van der Waals surface area contributed by atoms with Crippen LogP contribution in [-0.4, -0.2) is 67.3 Å². The topological polar surface area (TPSA) is 217 Å². The number of benzene rings is 2. The van der Waals surface area contributed by atoms with Gasteiger partial charge in [-0.05, 0) is 88.5 Å². The molecule has 13 heteroatoms. The molecule has 0 spiro atoms. The van der Waals surface area contributed by atoms with Gasteiger partial charge < -0.3 is 57.5 Å². The minimum atomic E-state index is -0.847. The number of rotatable bonds is 23. The third-order valence-electron chi connectivity index (χ3n) is 9.09. The van der Waals surface area contributed by atoms with E-state index in [0.717, 1.165) is 69.7 Å². The van der Waals surface area contributed by atoms with Crippen molar-refractivity contribution in [1.82, 2.24) is 15.2 Å². The van der Waals surface area contributed by atoms with Crippen molar-refractivity contribution < 1.29 is 19.3 Å². The van der Waals surface area contributed by atoms with Crippen LogP contribution in [0.15, 0.2) is 53.7 Å². The summed E-state index contributed by atoms with van der Waals surface area (Å²) in [6.07, 6.45) is 9.77. The summed E-state index contributed by atoms with van der Waals surface area (Å²) in [5, 5.41) is 25.7. The molecule has 0 saturated heterocycles. The standard InChI is InChI=1S/C24H37N5O2.C11H17NO2.C10H23N3/c1-5-6-7-12-27-24(28-19(3)26)23-18(2)10-13-29(23)16-21-9-8-20(15-22(21)30-4)17-31-14-11-25;1-11(2,13)9-5-4-8(7-12)10(6-9)14-3;1-4-5-6-7-13-10(2,3)8-9(11)12/h8-10,13,15,27H,2,5-7,11-12,14,16-17,25H2,1,3-4H3,(H2,26,28);4-6,13H,7,12H2,1-3H3;13H,4-8H2,1-3H3,(H3,11,12)/b24-23+;;. The van der Waals surface area contributed by atoms with E-state index in [-0.39, 0.29) is 11.4 Å². The molecule has 13 nitrogen and oxygen atoms in total. The molecule has 0 unspecified atom stereocenters. The Morgan fingerprint density at radius 1 is 0.897 bits per heavy atom. The van der Waals surface area contributed by atoms with Gasteiger partial charge in [-0.2, -0.15) is 0 Å². The van der Waals surface area contributed by atoms with E-state index in [1.165, 1.54) is 32.1 Å². The molecule has 0 amide bonds. The molecule has 0 aliphatic carbocycles. The number of nitrogens with zero attached hydrogens (tertiary/aromatic N) is 2. The molecule has 0 aliphatic rings. The summed E-state index contributed by atoms with van der Waals surface area (Å²) in [5.41, 5.74) is 25.3. The fraction of sp³-hybridized carbons (Fsp3) is 0.556. The highest BCUT2D eigenvalue weighted by Crippen LogP contribution is 2.27. The van der Waals surface area contributed by atoms with E-state index in [0.29, 0.717) is 45.1 Å². The number of nitrogens with one attached hydrogen (secondary N) is 3. The van der Waals surface area contributed by atoms with Gasteiger partial charge in [0.25, 0.3) is 0 Å². The van der Waals surface area contributed by atoms with Crippen molar-refractivity contribution in [2.45, 2.75) is 124 Å². The van der Waals surface area contributed by atoms with Gasteiger partial charge in [-0.3, -0.25) is 5.41 Å². The molecule has 0 atom stereocenters. The van der Waals surface area contributed by atoms with Gasteiger partial charge in [0.1, 0.15) is 11.5 Å². The molecule has 12 N–H and O–H groups in total. The largest absolute Gasteiger partial charge is 0.496 e. The Morgan fingerprint density at radius 2 is 1.52 bits per heavy atom. The first-order chi connectivity index (χ1) is 27.5. The van der Waals surface area contributed by atoms with Crippen molar-refractivity contribution in [1.29, 1.82) is 5.41 Å². The van der Waals surface area contributed by atoms with Gasteiger partial charge in [0.2, 0.25) is 0 Å². The van der Waals surface area contributed by atoms with Gasteiger partial charge in [0.15, 0.2) is 5.82 Å². The monoisotopic (exact) mass is 808 g/mol. The van der Waals surface area contributed by atoms with Crippen LogP contribution < -0.4 is 53.6 Å².